The maximum absolute atomic E-state index is 12.7. The van der Waals surface area contributed by atoms with Crippen molar-refractivity contribution in [2.45, 2.75) is 0 Å². The highest BCUT2D eigenvalue weighted by molar-refractivity contribution is 9.10. The summed E-state index contributed by atoms with van der Waals surface area (Å²) < 4.78 is 0.857. The molecule has 2 amide bonds. The van der Waals surface area contributed by atoms with Crippen LogP contribution in [0.4, 0.5) is 5.95 Å². The van der Waals surface area contributed by atoms with Crippen molar-refractivity contribution in [3.05, 3.63) is 58.3 Å². The number of aromatic amines is 1. The number of imide groups is 1. The van der Waals surface area contributed by atoms with E-state index in [0.717, 1.165) is 14.8 Å². The summed E-state index contributed by atoms with van der Waals surface area (Å²) in [5.74, 6) is -0.507. The number of carbonyl (C=O) groups is 2. The van der Waals surface area contributed by atoms with Crippen molar-refractivity contribution >= 4 is 44.5 Å². The van der Waals surface area contributed by atoms with Crippen LogP contribution in [0.25, 0.3) is 10.8 Å². The highest BCUT2D eigenvalue weighted by Gasteiger charge is 2.35. The van der Waals surface area contributed by atoms with Crippen molar-refractivity contribution in [1.82, 2.24) is 9.97 Å². The van der Waals surface area contributed by atoms with Crippen molar-refractivity contribution in [1.29, 1.82) is 0 Å². The third kappa shape index (κ3) is 1.59. The lowest BCUT2D eigenvalue weighted by Crippen LogP contribution is -2.41. The van der Waals surface area contributed by atoms with Gasteiger partial charge in [-0.3, -0.25) is 9.59 Å². The van der Waals surface area contributed by atoms with E-state index >= 15 is 0 Å². The molecule has 6 heteroatoms. The smallest absolute Gasteiger partial charge is 0.268 e. The molecule has 102 valence electrons. The van der Waals surface area contributed by atoms with Crippen LogP contribution in [-0.4, -0.2) is 21.8 Å². The van der Waals surface area contributed by atoms with Gasteiger partial charge in [0.05, 0.1) is 0 Å². The number of hydrogen-bond acceptors (Lipinski definition) is 3. The summed E-state index contributed by atoms with van der Waals surface area (Å²) in [6.07, 6.45) is 3.08. The Labute approximate surface area is 127 Å². The van der Waals surface area contributed by atoms with E-state index in [4.69, 9.17) is 0 Å². The standard InChI is InChI=1S/C15H8BrN3O2/c16-11-5-4-10-12-8(11)2-1-3-9(12)13(20)19(14(10)21)15-17-6-7-18-15/h1-7H,(H,17,18). The van der Waals surface area contributed by atoms with Crippen LogP contribution in [0.2, 0.25) is 0 Å². The summed E-state index contributed by atoms with van der Waals surface area (Å²) in [7, 11) is 0. The molecule has 0 unspecified atom stereocenters. The molecule has 0 spiro atoms. The molecule has 0 saturated heterocycles. The average molecular weight is 342 g/mol. The summed E-state index contributed by atoms with van der Waals surface area (Å²) in [6.45, 7) is 0. The molecule has 1 aliphatic heterocycles. The van der Waals surface area contributed by atoms with Gasteiger partial charge in [0.1, 0.15) is 0 Å². The largest absolute Gasteiger partial charge is 0.330 e. The first-order valence-electron chi connectivity index (χ1n) is 6.28. The molecule has 2 aromatic carbocycles. The number of carbonyl (C=O) groups excluding carboxylic acids is 2. The van der Waals surface area contributed by atoms with Crippen LogP contribution >= 0.6 is 15.9 Å². The minimum atomic E-state index is -0.369. The maximum atomic E-state index is 12.7. The first-order chi connectivity index (χ1) is 10.2. The second kappa shape index (κ2) is 4.26. The van der Waals surface area contributed by atoms with Gasteiger partial charge in [0.15, 0.2) is 0 Å². The van der Waals surface area contributed by atoms with Gasteiger partial charge in [-0.25, -0.2) is 9.88 Å². The number of benzene rings is 2. The number of hydrogen-bond donors (Lipinski definition) is 1. The predicted molar refractivity (Wildman–Crippen MR) is 81.4 cm³/mol. The maximum Gasteiger partial charge on any atom is 0.268 e. The number of amides is 2. The number of nitrogens with one attached hydrogen (secondary N) is 1. The van der Waals surface area contributed by atoms with E-state index in [-0.39, 0.29) is 17.8 Å². The molecule has 0 radical (unpaired) electrons. The van der Waals surface area contributed by atoms with Crippen molar-refractivity contribution in [2.75, 3.05) is 4.90 Å². The molecule has 1 aliphatic rings. The molecule has 21 heavy (non-hydrogen) atoms. The van der Waals surface area contributed by atoms with Crippen molar-refractivity contribution < 1.29 is 9.59 Å². The van der Waals surface area contributed by atoms with Gasteiger partial charge in [0.2, 0.25) is 5.95 Å². The zero-order valence-corrected chi connectivity index (χ0v) is 12.2. The Morgan fingerprint density at radius 3 is 2.52 bits per heavy atom. The predicted octanol–water partition coefficient (Wildman–Crippen LogP) is 3.13. The second-order valence-corrected chi connectivity index (χ2v) is 5.54. The van der Waals surface area contributed by atoms with Crippen LogP contribution in [0.15, 0.2) is 47.2 Å². The van der Waals surface area contributed by atoms with Crippen LogP contribution in [0.3, 0.4) is 0 Å². The van der Waals surface area contributed by atoms with E-state index in [1.54, 1.807) is 24.4 Å². The van der Waals surface area contributed by atoms with Crippen LogP contribution in [0.5, 0.6) is 0 Å². The Morgan fingerprint density at radius 2 is 1.81 bits per heavy atom. The zero-order chi connectivity index (χ0) is 14.6. The van der Waals surface area contributed by atoms with E-state index in [9.17, 15) is 9.59 Å². The van der Waals surface area contributed by atoms with Crippen molar-refractivity contribution in [2.24, 2.45) is 0 Å². The number of aromatic nitrogens is 2. The van der Waals surface area contributed by atoms with E-state index in [1.807, 2.05) is 12.1 Å². The van der Waals surface area contributed by atoms with Gasteiger partial charge in [-0.05, 0) is 23.6 Å². The molecular formula is C15H8BrN3O2. The van der Waals surface area contributed by atoms with Gasteiger partial charge in [-0.15, -0.1) is 0 Å². The summed E-state index contributed by atoms with van der Waals surface area (Å²) >= 11 is 3.46. The Balaban J connectivity index is 2.07. The molecule has 2 heterocycles. The molecular weight excluding hydrogens is 334 g/mol. The fraction of sp³-hybridized carbons (Fsp3) is 0. The second-order valence-electron chi connectivity index (χ2n) is 4.68. The summed E-state index contributed by atoms with van der Waals surface area (Å²) in [4.78, 5) is 33.2. The quantitative estimate of drug-likeness (QED) is 0.691. The fourth-order valence-corrected chi connectivity index (χ4v) is 3.09. The monoisotopic (exact) mass is 341 g/mol. The lowest BCUT2D eigenvalue weighted by Gasteiger charge is -2.25. The SMILES string of the molecule is O=C1c2cccc3c(Br)ccc(c23)C(=O)N1c1ncc[nH]1. The van der Waals surface area contributed by atoms with Gasteiger partial charge < -0.3 is 4.98 Å². The van der Waals surface area contributed by atoms with E-state index in [2.05, 4.69) is 25.9 Å². The van der Waals surface area contributed by atoms with Crippen LogP contribution < -0.4 is 4.90 Å². The Bertz CT molecular complexity index is 880. The number of nitrogens with zero attached hydrogens (tertiary/aromatic N) is 2. The first-order valence-corrected chi connectivity index (χ1v) is 7.07. The Hall–Kier alpha value is -2.47. The van der Waals surface area contributed by atoms with E-state index in [0.29, 0.717) is 16.5 Å². The molecule has 0 bridgehead atoms. The van der Waals surface area contributed by atoms with Gasteiger partial charge in [-0.1, -0.05) is 28.1 Å². The number of halogens is 1. The lowest BCUT2D eigenvalue weighted by molar-refractivity contribution is 0.0891. The summed E-state index contributed by atoms with van der Waals surface area (Å²) in [6, 6.07) is 8.95. The summed E-state index contributed by atoms with van der Waals surface area (Å²) in [5, 5.41) is 1.54. The molecule has 1 N–H and O–H groups in total. The molecule has 0 saturated carbocycles. The molecule has 3 aromatic rings. The molecule has 5 nitrogen and oxygen atoms in total. The van der Waals surface area contributed by atoms with Crippen LogP contribution in [0, 0.1) is 0 Å². The highest BCUT2D eigenvalue weighted by atomic mass is 79.9. The van der Waals surface area contributed by atoms with Crippen LogP contribution in [0.1, 0.15) is 20.7 Å². The molecule has 0 atom stereocenters. The third-order valence-corrected chi connectivity index (χ3v) is 4.24. The lowest BCUT2D eigenvalue weighted by atomic mass is 9.94. The van der Waals surface area contributed by atoms with Gasteiger partial charge in [-0.2, -0.15) is 0 Å². The molecule has 4 rings (SSSR count). The number of anilines is 1. The van der Waals surface area contributed by atoms with Gasteiger partial charge >= 0.3 is 0 Å². The average Bonchev–Trinajstić information content (AvgIpc) is 3.00. The highest BCUT2D eigenvalue weighted by Crippen LogP contribution is 2.35. The molecule has 1 aromatic heterocycles. The first kappa shape index (κ1) is 12.3. The number of H-pyrrole nitrogens is 1. The minimum absolute atomic E-state index is 0.232. The Kier molecular flexibility index (Phi) is 2.49. The van der Waals surface area contributed by atoms with Crippen molar-refractivity contribution in [3.8, 4) is 0 Å². The third-order valence-electron chi connectivity index (χ3n) is 3.55. The topological polar surface area (TPSA) is 66.1 Å². The normalized spacial score (nSPS) is 14.0. The summed E-state index contributed by atoms with van der Waals surface area (Å²) in [5.41, 5.74) is 1.000. The van der Waals surface area contributed by atoms with Gasteiger partial charge in [0, 0.05) is 33.4 Å². The molecule has 0 aliphatic carbocycles. The fourth-order valence-electron chi connectivity index (χ4n) is 2.63. The Morgan fingerprint density at radius 1 is 1.05 bits per heavy atom. The molecule has 0 fully saturated rings. The minimum Gasteiger partial charge on any atom is -0.330 e. The number of rotatable bonds is 1. The van der Waals surface area contributed by atoms with Gasteiger partial charge in [0.25, 0.3) is 11.8 Å². The zero-order valence-electron chi connectivity index (χ0n) is 10.6. The number of imidazole rings is 1. The van der Waals surface area contributed by atoms with Crippen molar-refractivity contribution in [3.63, 3.8) is 0 Å². The van der Waals surface area contributed by atoms with E-state index in [1.165, 1.54) is 6.20 Å². The van der Waals surface area contributed by atoms with Crippen LogP contribution in [-0.2, 0) is 0 Å². The van der Waals surface area contributed by atoms with E-state index < -0.39 is 0 Å².